The molecule has 0 unspecified atom stereocenters. The Kier molecular flexibility index (Phi) is 4.96. The van der Waals surface area contributed by atoms with Gasteiger partial charge in [-0.1, -0.05) is 26.8 Å². The minimum Gasteiger partial charge on any atom is -0.480 e. The van der Waals surface area contributed by atoms with Crippen molar-refractivity contribution in [2.24, 2.45) is 5.41 Å². The second-order valence-corrected chi connectivity index (χ2v) is 6.99. The predicted octanol–water partition coefficient (Wildman–Crippen LogP) is 3.35. The Balaban J connectivity index is 2.01. The van der Waals surface area contributed by atoms with E-state index in [1.54, 1.807) is 0 Å². The van der Waals surface area contributed by atoms with Crippen molar-refractivity contribution < 1.29 is 19.4 Å². The lowest BCUT2D eigenvalue weighted by molar-refractivity contribution is -0.140. The summed E-state index contributed by atoms with van der Waals surface area (Å²) in [6.45, 7) is 8.56. The third kappa shape index (κ3) is 4.37. The van der Waals surface area contributed by atoms with Gasteiger partial charge in [0.05, 0.1) is 0 Å². The largest absolute Gasteiger partial charge is 0.480 e. The molecule has 2 atom stereocenters. The molecule has 1 aliphatic rings. The lowest BCUT2D eigenvalue weighted by Gasteiger charge is -2.24. The number of aliphatic carboxylic acids is 1. The Hall–Kier alpha value is -1.75. The van der Waals surface area contributed by atoms with E-state index in [2.05, 4.69) is 26.1 Å². The third-order valence-corrected chi connectivity index (χ3v) is 3.83. The quantitative estimate of drug-likeness (QED) is 0.843. The van der Waals surface area contributed by atoms with E-state index in [9.17, 15) is 9.90 Å². The van der Waals surface area contributed by atoms with Crippen molar-refractivity contribution in [2.45, 2.75) is 52.6 Å². The molecule has 0 aromatic heterocycles. The van der Waals surface area contributed by atoms with Gasteiger partial charge in [-0.25, -0.2) is 0 Å². The summed E-state index contributed by atoms with van der Waals surface area (Å²) in [7, 11) is 0. The first kappa shape index (κ1) is 16.6. The van der Waals surface area contributed by atoms with Crippen LogP contribution in [-0.2, 0) is 4.79 Å². The second kappa shape index (κ2) is 6.57. The van der Waals surface area contributed by atoms with Crippen LogP contribution in [0.1, 0.15) is 52.1 Å². The van der Waals surface area contributed by atoms with Crippen molar-refractivity contribution in [1.82, 2.24) is 5.32 Å². The Bertz CT molecular complexity index is 536. The normalized spacial score (nSPS) is 16.4. The van der Waals surface area contributed by atoms with Gasteiger partial charge in [0.25, 0.3) is 0 Å². The van der Waals surface area contributed by atoms with E-state index in [-0.39, 0.29) is 18.2 Å². The van der Waals surface area contributed by atoms with Crippen LogP contribution in [0.25, 0.3) is 0 Å². The van der Waals surface area contributed by atoms with Crippen molar-refractivity contribution in [3.05, 3.63) is 23.8 Å². The maximum Gasteiger partial charge on any atom is 0.320 e. The first-order valence-corrected chi connectivity index (χ1v) is 7.65. The number of ether oxygens (including phenoxy) is 2. The van der Waals surface area contributed by atoms with Gasteiger partial charge >= 0.3 is 5.97 Å². The number of carbonyl (C=O) groups is 1. The van der Waals surface area contributed by atoms with E-state index >= 15 is 0 Å². The lowest BCUT2D eigenvalue weighted by Crippen LogP contribution is -2.39. The monoisotopic (exact) mass is 307 g/mol. The molecule has 0 radical (unpaired) electrons. The average Bonchev–Trinajstić information content (AvgIpc) is 2.88. The van der Waals surface area contributed by atoms with E-state index in [1.165, 1.54) is 0 Å². The van der Waals surface area contributed by atoms with Crippen molar-refractivity contribution in [2.75, 3.05) is 6.79 Å². The van der Waals surface area contributed by atoms with Crippen LogP contribution in [0.4, 0.5) is 0 Å². The number of carboxylic acids is 1. The van der Waals surface area contributed by atoms with E-state index < -0.39 is 12.0 Å². The van der Waals surface area contributed by atoms with Crippen molar-refractivity contribution in [3.8, 4) is 11.5 Å². The highest BCUT2D eigenvalue weighted by Crippen LogP contribution is 2.34. The Morgan fingerprint density at radius 3 is 2.64 bits per heavy atom. The average molecular weight is 307 g/mol. The summed E-state index contributed by atoms with van der Waals surface area (Å²) < 4.78 is 10.7. The number of fused-ring (bicyclic) bond motifs is 1. The Labute approximate surface area is 131 Å². The van der Waals surface area contributed by atoms with Crippen molar-refractivity contribution in [1.29, 1.82) is 0 Å². The molecule has 1 aromatic rings. The summed E-state index contributed by atoms with van der Waals surface area (Å²) in [6.07, 6.45) is 1.46. The third-order valence-electron chi connectivity index (χ3n) is 3.83. The van der Waals surface area contributed by atoms with E-state index in [1.807, 2.05) is 25.1 Å². The minimum atomic E-state index is -0.808. The number of carboxylic acid groups (broad SMARTS) is 1. The zero-order chi connectivity index (χ0) is 16.3. The predicted molar refractivity (Wildman–Crippen MR) is 84.2 cm³/mol. The zero-order valence-electron chi connectivity index (χ0n) is 13.7. The summed E-state index contributed by atoms with van der Waals surface area (Å²) in [5, 5.41) is 12.6. The van der Waals surface area contributed by atoms with Crippen LogP contribution >= 0.6 is 0 Å². The molecule has 0 fully saturated rings. The fraction of sp³-hybridized carbons (Fsp3) is 0.588. The van der Waals surface area contributed by atoms with Crippen LogP contribution in [0.2, 0.25) is 0 Å². The van der Waals surface area contributed by atoms with Crippen LogP contribution in [0, 0.1) is 5.41 Å². The summed E-state index contributed by atoms with van der Waals surface area (Å²) in [5.41, 5.74) is 1.11. The van der Waals surface area contributed by atoms with Gasteiger partial charge in [0.15, 0.2) is 11.5 Å². The van der Waals surface area contributed by atoms with Crippen LogP contribution < -0.4 is 14.8 Å². The van der Waals surface area contributed by atoms with Crippen molar-refractivity contribution >= 4 is 5.97 Å². The number of hydrogen-bond donors (Lipinski definition) is 2. The van der Waals surface area contributed by atoms with Gasteiger partial charge in [-0.15, -0.1) is 0 Å². The molecule has 1 heterocycles. The molecule has 5 heteroatoms. The molecular weight excluding hydrogens is 282 g/mol. The fourth-order valence-electron chi connectivity index (χ4n) is 2.44. The van der Waals surface area contributed by atoms with E-state index in [0.29, 0.717) is 12.2 Å². The van der Waals surface area contributed by atoms with Gasteiger partial charge < -0.3 is 14.6 Å². The first-order valence-electron chi connectivity index (χ1n) is 7.65. The lowest BCUT2D eigenvalue weighted by atomic mass is 9.88. The highest BCUT2D eigenvalue weighted by atomic mass is 16.7. The second-order valence-electron chi connectivity index (χ2n) is 6.99. The van der Waals surface area contributed by atoms with Crippen LogP contribution in [0.3, 0.4) is 0 Å². The minimum absolute atomic E-state index is 0.0735. The summed E-state index contributed by atoms with van der Waals surface area (Å²) in [5.74, 6) is 0.642. The first-order chi connectivity index (χ1) is 10.3. The molecule has 2 rings (SSSR count). The van der Waals surface area contributed by atoms with Crippen LogP contribution in [-0.4, -0.2) is 23.9 Å². The smallest absolute Gasteiger partial charge is 0.320 e. The van der Waals surface area contributed by atoms with Gasteiger partial charge in [0.1, 0.15) is 6.04 Å². The molecule has 0 saturated heterocycles. The molecule has 0 saturated carbocycles. The molecule has 0 amide bonds. The molecule has 0 bridgehead atoms. The molecule has 2 N–H and O–H groups in total. The van der Waals surface area contributed by atoms with Gasteiger partial charge in [-0.2, -0.15) is 0 Å². The standard InChI is InChI=1S/C17H25NO4/c1-11(12-5-6-14-15(9-12)22-10-21-14)18-13(16(19)20)7-8-17(2,3)4/h5-6,9,11,13,18H,7-8,10H2,1-4H3,(H,19,20)/t11-,13+/m1/s1. The molecule has 122 valence electrons. The molecule has 0 aliphatic carbocycles. The Morgan fingerprint density at radius 1 is 1.32 bits per heavy atom. The maximum absolute atomic E-state index is 11.5. The SMILES string of the molecule is C[C@@H](N[C@@H](CCC(C)(C)C)C(=O)O)c1ccc2c(c1)OCO2. The number of rotatable bonds is 6. The molecule has 1 aliphatic heterocycles. The Morgan fingerprint density at radius 2 is 2.00 bits per heavy atom. The van der Waals surface area contributed by atoms with E-state index in [0.717, 1.165) is 17.7 Å². The fourth-order valence-corrected chi connectivity index (χ4v) is 2.44. The van der Waals surface area contributed by atoms with Crippen LogP contribution in [0.5, 0.6) is 11.5 Å². The number of hydrogen-bond acceptors (Lipinski definition) is 4. The zero-order valence-corrected chi connectivity index (χ0v) is 13.7. The molecule has 22 heavy (non-hydrogen) atoms. The van der Waals surface area contributed by atoms with Gasteiger partial charge in [-0.3, -0.25) is 10.1 Å². The van der Waals surface area contributed by atoms with Gasteiger partial charge in [0, 0.05) is 6.04 Å². The maximum atomic E-state index is 11.5. The molecule has 1 aromatic carbocycles. The summed E-state index contributed by atoms with van der Waals surface area (Å²) in [4.78, 5) is 11.5. The van der Waals surface area contributed by atoms with Gasteiger partial charge in [-0.05, 0) is 42.9 Å². The summed E-state index contributed by atoms with van der Waals surface area (Å²) >= 11 is 0. The topological polar surface area (TPSA) is 67.8 Å². The number of benzene rings is 1. The summed E-state index contributed by atoms with van der Waals surface area (Å²) in [6, 6.07) is 5.08. The molecule has 0 spiro atoms. The molecular formula is C17H25NO4. The highest BCUT2D eigenvalue weighted by molar-refractivity contribution is 5.73. The van der Waals surface area contributed by atoms with Gasteiger partial charge in [0.2, 0.25) is 6.79 Å². The number of nitrogens with one attached hydrogen (secondary N) is 1. The van der Waals surface area contributed by atoms with Crippen molar-refractivity contribution in [3.63, 3.8) is 0 Å². The molecule has 5 nitrogen and oxygen atoms in total. The van der Waals surface area contributed by atoms with Crippen LogP contribution in [0.15, 0.2) is 18.2 Å². The van der Waals surface area contributed by atoms with E-state index in [4.69, 9.17) is 9.47 Å². The highest BCUT2D eigenvalue weighted by Gasteiger charge is 2.24.